The zero-order valence-corrected chi connectivity index (χ0v) is 14.4. The summed E-state index contributed by atoms with van der Waals surface area (Å²) >= 11 is 0. The first-order valence-corrected chi connectivity index (χ1v) is 8.39. The summed E-state index contributed by atoms with van der Waals surface area (Å²) in [4.78, 5) is 2.63. The van der Waals surface area contributed by atoms with Crippen LogP contribution in [0.2, 0.25) is 0 Å². The zero-order valence-electron chi connectivity index (χ0n) is 14.4. The molecule has 2 nitrogen and oxygen atoms in total. The summed E-state index contributed by atoms with van der Waals surface area (Å²) in [6.45, 7) is 16.1. The molecule has 2 rings (SSSR count). The van der Waals surface area contributed by atoms with Crippen molar-refractivity contribution in [1.29, 1.82) is 0 Å². The van der Waals surface area contributed by atoms with Crippen LogP contribution in [0.4, 0.5) is 0 Å². The molecule has 0 saturated carbocycles. The van der Waals surface area contributed by atoms with Crippen molar-refractivity contribution < 1.29 is 0 Å². The molecule has 1 atom stereocenters. The van der Waals surface area contributed by atoms with Crippen molar-refractivity contribution >= 4 is 0 Å². The Morgan fingerprint density at radius 3 is 2.43 bits per heavy atom. The molecule has 1 aliphatic rings. The third-order valence-electron chi connectivity index (χ3n) is 4.71. The van der Waals surface area contributed by atoms with E-state index in [4.69, 9.17) is 0 Å². The molecule has 21 heavy (non-hydrogen) atoms. The molecule has 0 bridgehead atoms. The highest BCUT2D eigenvalue weighted by atomic mass is 15.1. The van der Waals surface area contributed by atoms with Crippen LogP contribution in [0.3, 0.4) is 0 Å². The quantitative estimate of drug-likeness (QED) is 0.879. The van der Waals surface area contributed by atoms with Gasteiger partial charge >= 0.3 is 0 Å². The van der Waals surface area contributed by atoms with Crippen LogP contribution in [0.15, 0.2) is 24.3 Å². The predicted octanol–water partition coefficient (Wildman–Crippen LogP) is 4.05. The van der Waals surface area contributed by atoms with Crippen molar-refractivity contribution in [3.05, 3.63) is 35.4 Å². The van der Waals surface area contributed by atoms with E-state index in [0.717, 1.165) is 19.0 Å². The normalized spacial score (nSPS) is 20.4. The smallest absolute Gasteiger partial charge is 0.0237 e. The molecule has 1 fully saturated rings. The van der Waals surface area contributed by atoms with E-state index in [1.165, 1.54) is 30.6 Å². The van der Waals surface area contributed by atoms with Crippen molar-refractivity contribution in [1.82, 2.24) is 10.2 Å². The van der Waals surface area contributed by atoms with E-state index in [0.29, 0.717) is 11.5 Å². The lowest BCUT2D eigenvalue weighted by Crippen LogP contribution is -2.27. The first-order valence-electron chi connectivity index (χ1n) is 8.39. The fourth-order valence-corrected chi connectivity index (χ4v) is 3.12. The lowest BCUT2D eigenvalue weighted by Gasteiger charge is -2.27. The van der Waals surface area contributed by atoms with Crippen molar-refractivity contribution in [3.8, 4) is 0 Å². The highest BCUT2D eigenvalue weighted by molar-refractivity contribution is 5.27. The average molecular weight is 288 g/mol. The molecule has 1 N–H and O–H groups in total. The van der Waals surface area contributed by atoms with E-state index < -0.39 is 0 Å². The largest absolute Gasteiger partial charge is 0.310 e. The second-order valence-electron chi connectivity index (χ2n) is 7.89. The van der Waals surface area contributed by atoms with Gasteiger partial charge in [0, 0.05) is 25.7 Å². The summed E-state index contributed by atoms with van der Waals surface area (Å²) < 4.78 is 0. The highest BCUT2D eigenvalue weighted by Crippen LogP contribution is 2.34. The summed E-state index contributed by atoms with van der Waals surface area (Å²) in [7, 11) is 0. The third-order valence-corrected chi connectivity index (χ3v) is 4.71. The van der Waals surface area contributed by atoms with Crippen LogP contribution in [0.25, 0.3) is 0 Å². The Balaban J connectivity index is 1.97. The summed E-state index contributed by atoms with van der Waals surface area (Å²) in [5, 5.41) is 3.54. The second-order valence-corrected chi connectivity index (χ2v) is 7.89. The molecular formula is C19H32N2. The molecule has 0 aliphatic carbocycles. The van der Waals surface area contributed by atoms with Gasteiger partial charge in [-0.1, -0.05) is 58.9 Å². The molecule has 0 amide bonds. The number of benzene rings is 1. The first kappa shape index (κ1) is 16.5. The predicted molar refractivity (Wildman–Crippen MR) is 91.3 cm³/mol. The molecule has 1 unspecified atom stereocenters. The van der Waals surface area contributed by atoms with E-state index in [1.54, 1.807) is 0 Å². The van der Waals surface area contributed by atoms with Crippen molar-refractivity contribution in [2.45, 2.75) is 60.2 Å². The molecule has 1 aromatic carbocycles. The van der Waals surface area contributed by atoms with Gasteiger partial charge in [-0.25, -0.2) is 0 Å². The van der Waals surface area contributed by atoms with Gasteiger partial charge in [-0.15, -0.1) is 0 Å². The minimum atomic E-state index is 0.438. The van der Waals surface area contributed by atoms with E-state index >= 15 is 0 Å². The summed E-state index contributed by atoms with van der Waals surface area (Å²) in [6, 6.07) is 9.42. The Bertz CT molecular complexity index is 445. The Labute approximate surface area is 130 Å². The van der Waals surface area contributed by atoms with Crippen LogP contribution in [-0.4, -0.2) is 24.0 Å². The number of hydrogen-bond donors (Lipinski definition) is 1. The molecule has 1 saturated heterocycles. The number of nitrogens with zero attached hydrogens (tertiary/aromatic N) is 1. The average Bonchev–Trinajstić information content (AvgIpc) is 2.86. The lowest BCUT2D eigenvalue weighted by molar-refractivity contribution is 0.226. The van der Waals surface area contributed by atoms with E-state index in [-0.39, 0.29) is 0 Å². The van der Waals surface area contributed by atoms with Gasteiger partial charge in [-0.3, -0.25) is 4.90 Å². The van der Waals surface area contributed by atoms with Gasteiger partial charge in [0.2, 0.25) is 0 Å². The van der Waals surface area contributed by atoms with Crippen LogP contribution in [0.1, 0.15) is 52.2 Å². The number of hydrogen-bond acceptors (Lipinski definition) is 2. The highest BCUT2D eigenvalue weighted by Gasteiger charge is 2.31. The first-order chi connectivity index (χ1) is 9.86. The van der Waals surface area contributed by atoms with Crippen LogP contribution < -0.4 is 5.32 Å². The van der Waals surface area contributed by atoms with Gasteiger partial charge in [0.15, 0.2) is 0 Å². The van der Waals surface area contributed by atoms with Crippen LogP contribution >= 0.6 is 0 Å². The van der Waals surface area contributed by atoms with E-state index in [2.05, 4.69) is 69.1 Å². The number of nitrogens with one attached hydrogen (secondary N) is 1. The molecule has 2 heteroatoms. The van der Waals surface area contributed by atoms with Crippen molar-refractivity contribution in [2.24, 2.45) is 11.3 Å². The zero-order chi connectivity index (χ0) is 15.5. The Hall–Kier alpha value is -0.860. The molecule has 0 radical (unpaired) electrons. The maximum absolute atomic E-state index is 3.54. The van der Waals surface area contributed by atoms with Gasteiger partial charge in [0.25, 0.3) is 0 Å². The molecule has 1 heterocycles. The molecule has 1 aromatic rings. The topological polar surface area (TPSA) is 15.3 Å². The second kappa shape index (κ2) is 6.93. The van der Waals surface area contributed by atoms with Gasteiger partial charge in [-0.05, 0) is 35.4 Å². The minimum absolute atomic E-state index is 0.438. The van der Waals surface area contributed by atoms with Gasteiger partial charge < -0.3 is 5.32 Å². The molecular weight excluding hydrogens is 256 g/mol. The lowest BCUT2D eigenvalue weighted by atomic mass is 9.80. The van der Waals surface area contributed by atoms with Crippen LogP contribution in [0, 0.1) is 11.3 Å². The Morgan fingerprint density at radius 2 is 1.86 bits per heavy atom. The third kappa shape index (κ3) is 4.82. The SMILES string of the molecule is CC(C)NCc1ccccc1CN1CCC(C(C)(C)C)C1. The fraction of sp³-hybridized carbons (Fsp3) is 0.684. The van der Waals surface area contributed by atoms with Gasteiger partial charge in [0.1, 0.15) is 0 Å². The van der Waals surface area contributed by atoms with Crippen LogP contribution in [0.5, 0.6) is 0 Å². The summed E-state index contributed by atoms with van der Waals surface area (Å²) in [5.41, 5.74) is 3.37. The standard InChI is InChI=1S/C19H32N2/c1-15(2)20-12-16-8-6-7-9-17(16)13-21-11-10-18(14-21)19(3,4)5/h6-9,15,18,20H,10-14H2,1-5H3. The number of rotatable bonds is 5. The van der Waals surface area contributed by atoms with E-state index in [9.17, 15) is 0 Å². The summed E-state index contributed by atoms with van der Waals surface area (Å²) in [5.74, 6) is 0.832. The van der Waals surface area contributed by atoms with Crippen LogP contribution in [-0.2, 0) is 13.1 Å². The molecule has 0 aromatic heterocycles. The monoisotopic (exact) mass is 288 g/mol. The molecule has 0 spiro atoms. The summed E-state index contributed by atoms with van der Waals surface area (Å²) in [6.07, 6.45) is 1.34. The van der Waals surface area contributed by atoms with Gasteiger partial charge in [0.05, 0.1) is 0 Å². The Kier molecular flexibility index (Phi) is 5.45. The molecule has 118 valence electrons. The Morgan fingerprint density at radius 1 is 1.19 bits per heavy atom. The van der Waals surface area contributed by atoms with Gasteiger partial charge in [-0.2, -0.15) is 0 Å². The van der Waals surface area contributed by atoms with E-state index in [1.807, 2.05) is 0 Å². The maximum Gasteiger partial charge on any atom is 0.0237 e. The molecule has 1 aliphatic heterocycles. The van der Waals surface area contributed by atoms with Crippen molar-refractivity contribution in [2.75, 3.05) is 13.1 Å². The van der Waals surface area contributed by atoms with Crippen molar-refractivity contribution in [3.63, 3.8) is 0 Å². The maximum atomic E-state index is 3.54. The minimum Gasteiger partial charge on any atom is -0.310 e. The fourth-order valence-electron chi connectivity index (χ4n) is 3.12. The number of likely N-dealkylation sites (tertiary alicyclic amines) is 1.